The summed E-state index contributed by atoms with van der Waals surface area (Å²) in [4.78, 5) is 0. The minimum Gasteiger partial charge on any atom is -0.496 e. The summed E-state index contributed by atoms with van der Waals surface area (Å²) < 4.78 is 6.06. The predicted molar refractivity (Wildman–Crippen MR) is 108 cm³/mol. The van der Waals surface area contributed by atoms with E-state index in [1.54, 1.807) is 0 Å². The lowest BCUT2D eigenvalue weighted by Gasteiger charge is -2.36. The first-order valence-electron chi connectivity index (χ1n) is 8.92. The molecular formula is C22H33OSi. The number of rotatable bonds is 4. The average Bonchev–Trinajstić information content (AvgIpc) is 2.99. The molecule has 1 nitrogen and oxygen atoms in total. The molecule has 0 N–H and O–H groups in total. The smallest absolute Gasteiger partial charge is 0.126 e. The van der Waals surface area contributed by atoms with E-state index in [4.69, 9.17) is 4.74 Å². The van der Waals surface area contributed by atoms with Crippen LogP contribution in [-0.4, -0.2) is 15.9 Å². The van der Waals surface area contributed by atoms with Crippen molar-refractivity contribution in [1.29, 1.82) is 0 Å². The lowest BCUT2D eigenvalue weighted by Crippen LogP contribution is -2.38. The number of allylic oxidation sites excluding steroid dienone is 4. The minimum atomic E-state index is -0.608. The molecule has 0 heterocycles. The highest BCUT2D eigenvalue weighted by atomic mass is 28.3. The third kappa shape index (κ3) is 3.26. The van der Waals surface area contributed by atoms with Crippen LogP contribution in [0.1, 0.15) is 57.7 Å². The molecule has 1 radical (unpaired) electrons. The highest BCUT2D eigenvalue weighted by molar-refractivity contribution is 6.71. The lowest BCUT2D eigenvalue weighted by atomic mass is 9.73. The van der Waals surface area contributed by atoms with Gasteiger partial charge in [-0.25, -0.2) is 0 Å². The standard InChI is InChI=1S/C22H33OSi/c1-15-14-17(21(2,3)4)19(23-7)18(20(15)24(8)9)22(5,6)16-12-10-11-13-16/h10,12-14H,11H2,1-9H3. The Morgan fingerprint density at radius 3 is 2.12 bits per heavy atom. The van der Waals surface area contributed by atoms with Gasteiger partial charge in [-0.15, -0.1) is 0 Å². The molecule has 0 fully saturated rings. The predicted octanol–water partition coefficient (Wildman–Crippen LogP) is 5.43. The maximum Gasteiger partial charge on any atom is 0.126 e. The molecule has 0 amide bonds. The zero-order chi connectivity index (χ0) is 18.3. The first-order valence-corrected chi connectivity index (χ1v) is 11.4. The van der Waals surface area contributed by atoms with Gasteiger partial charge in [0.25, 0.3) is 0 Å². The van der Waals surface area contributed by atoms with Crippen LogP contribution < -0.4 is 9.92 Å². The van der Waals surface area contributed by atoms with Gasteiger partial charge in [0.05, 0.1) is 15.9 Å². The summed E-state index contributed by atoms with van der Waals surface area (Å²) in [6, 6.07) is 2.37. The molecule has 0 saturated carbocycles. The van der Waals surface area contributed by atoms with Gasteiger partial charge in [-0.3, -0.25) is 0 Å². The Balaban J connectivity index is 2.89. The Morgan fingerprint density at radius 2 is 1.71 bits per heavy atom. The van der Waals surface area contributed by atoms with Crippen molar-refractivity contribution < 1.29 is 4.74 Å². The zero-order valence-electron chi connectivity index (χ0n) is 16.9. The molecule has 0 bridgehead atoms. The van der Waals surface area contributed by atoms with Gasteiger partial charge >= 0.3 is 0 Å². The first kappa shape index (κ1) is 19.0. The van der Waals surface area contributed by atoms with Gasteiger partial charge in [0, 0.05) is 16.5 Å². The van der Waals surface area contributed by atoms with E-state index < -0.39 is 8.80 Å². The normalized spacial score (nSPS) is 15.2. The van der Waals surface area contributed by atoms with Gasteiger partial charge in [-0.05, 0) is 24.3 Å². The molecule has 0 saturated heterocycles. The second-order valence-electron chi connectivity index (χ2n) is 8.70. The van der Waals surface area contributed by atoms with Crippen molar-refractivity contribution in [2.75, 3.05) is 7.11 Å². The Bertz CT molecular complexity index is 685. The van der Waals surface area contributed by atoms with E-state index in [0.717, 1.165) is 12.2 Å². The van der Waals surface area contributed by atoms with Crippen molar-refractivity contribution in [3.63, 3.8) is 0 Å². The molecule has 2 heteroatoms. The molecule has 0 spiro atoms. The van der Waals surface area contributed by atoms with Gasteiger partial charge in [0.15, 0.2) is 0 Å². The molecule has 131 valence electrons. The van der Waals surface area contributed by atoms with Gasteiger partial charge in [-0.2, -0.15) is 0 Å². The van der Waals surface area contributed by atoms with E-state index in [9.17, 15) is 0 Å². The number of aryl methyl sites for hydroxylation is 1. The number of benzene rings is 1. The number of hydrogen-bond acceptors (Lipinski definition) is 1. The van der Waals surface area contributed by atoms with Crippen molar-refractivity contribution in [2.45, 2.75) is 71.9 Å². The van der Waals surface area contributed by atoms with Crippen molar-refractivity contribution in [2.24, 2.45) is 0 Å². The largest absolute Gasteiger partial charge is 0.496 e. The molecule has 2 rings (SSSR count). The summed E-state index contributed by atoms with van der Waals surface area (Å²) >= 11 is 0. The van der Waals surface area contributed by atoms with E-state index in [-0.39, 0.29) is 10.8 Å². The monoisotopic (exact) mass is 341 g/mol. The van der Waals surface area contributed by atoms with E-state index in [1.807, 2.05) is 7.11 Å². The summed E-state index contributed by atoms with van der Waals surface area (Å²) in [7, 11) is 1.23. The van der Waals surface area contributed by atoms with Crippen molar-refractivity contribution in [1.82, 2.24) is 0 Å². The summed E-state index contributed by atoms with van der Waals surface area (Å²) in [6.45, 7) is 18.6. The van der Waals surface area contributed by atoms with E-state index in [2.05, 4.69) is 78.9 Å². The second-order valence-corrected chi connectivity index (χ2v) is 11.2. The lowest BCUT2D eigenvalue weighted by molar-refractivity contribution is 0.385. The van der Waals surface area contributed by atoms with Crippen LogP contribution in [0, 0.1) is 6.92 Å². The molecule has 0 atom stereocenters. The molecule has 24 heavy (non-hydrogen) atoms. The highest BCUT2D eigenvalue weighted by Crippen LogP contribution is 2.44. The third-order valence-electron chi connectivity index (χ3n) is 5.11. The second kappa shape index (κ2) is 6.55. The summed E-state index contributed by atoms with van der Waals surface area (Å²) in [5, 5.41) is 1.54. The molecule has 1 aliphatic carbocycles. The van der Waals surface area contributed by atoms with Crippen LogP contribution in [0.3, 0.4) is 0 Å². The van der Waals surface area contributed by atoms with Crippen molar-refractivity contribution >= 4 is 14.0 Å². The van der Waals surface area contributed by atoms with Gasteiger partial charge in [0.2, 0.25) is 0 Å². The fraction of sp³-hybridized carbons (Fsp3) is 0.545. The average molecular weight is 342 g/mol. The fourth-order valence-electron chi connectivity index (χ4n) is 3.88. The Kier molecular flexibility index (Phi) is 5.20. The summed E-state index contributed by atoms with van der Waals surface area (Å²) in [6.07, 6.45) is 7.96. The molecule has 0 aromatic heterocycles. The van der Waals surface area contributed by atoms with Gasteiger partial charge in [-0.1, -0.05) is 82.8 Å². The Morgan fingerprint density at radius 1 is 1.08 bits per heavy atom. The molecular weight excluding hydrogens is 308 g/mol. The van der Waals surface area contributed by atoms with E-state index in [1.165, 1.54) is 27.5 Å². The minimum absolute atomic E-state index is 0.0400. The van der Waals surface area contributed by atoms with Crippen molar-refractivity contribution in [3.05, 3.63) is 46.6 Å². The number of hydrogen-bond donors (Lipinski definition) is 0. The molecule has 1 aromatic carbocycles. The number of ether oxygens (including phenoxy) is 1. The van der Waals surface area contributed by atoms with Gasteiger partial charge < -0.3 is 4.74 Å². The zero-order valence-corrected chi connectivity index (χ0v) is 17.9. The van der Waals surface area contributed by atoms with Crippen LogP contribution in [-0.2, 0) is 10.8 Å². The highest BCUT2D eigenvalue weighted by Gasteiger charge is 2.35. The molecule has 0 unspecified atom stereocenters. The fourth-order valence-corrected chi connectivity index (χ4v) is 5.66. The van der Waals surface area contributed by atoms with Gasteiger partial charge in [0.1, 0.15) is 5.75 Å². The number of methoxy groups -OCH3 is 1. The van der Waals surface area contributed by atoms with E-state index in [0.29, 0.717) is 0 Å². The Labute approximate surface area is 150 Å². The Hall–Kier alpha value is -1.28. The maximum absolute atomic E-state index is 6.06. The maximum atomic E-state index is 6.06. The molecule has 1 aliphatic rings. The van der Waals surface area contributed by atoms with Crippen LogP contribution in [0.15, 0.2) is 29.9 Å². The SMILES string of the molecule is COc1c(C(C)(C)C)cc(C)c([Si](C)C)c1C(C)(C)C1=CCC=C1. The topological polar surface area (TPSA) is 9.23 Å². The molecule has 1 aromatic rings. The summed E-state index contributed by atoms with van der Waals surface area (Å²) in [5.41, 5.74) is 5.59. The van der Waals surface area contributed by atoms with Crippen LogP contribution in [0.5, 0.6) is 5.75 Å². The van der Waals surface area contributed by atoms with Crippen LogP contribution in [0.25, 0.3) is 0 Å². The van der Waals surface area contributed by atoms with Crippen molar-refractivity contribution in [3.8, 4) is 5.75 Å². The third-order valence-corrected chi connectivity index (χ3v) is 6.75. The van der Waals surface area contributed by atoms with Crippen LogP contribution in [0.2, 0.25) is 13.1 Å². The first-order chi connectivity index (χ1) is 11.0. The van der Waals surface area contributed by atoms with E-state index >= 15 is 0 Å². The summed E-state index contributed by atoms with van der Waals surface area (Å²) in [5.74, 6) is 1.10. The van der Waals surface area contributed by atoms with Crippen LogP contribution >= 0.6 is 0 Å². The van der Waals surface area contributed by atoms with Crippen LogP contribution in [0.4, 0.5) is 0 Å². The quantitative estimate of drug-likeness (QED) is 0.664. The molecule has 0 aliphatic heterocycles.